The molecule has 0 radical (unpaired) electrons. The highest BCUT2D eigenvalue weighted by atomic mass is 19.1. The SMILES string of the molecule is COc1cc(C(C)NC(=O)NC2c3ccccc3CC2O)ccc1F. The van der Waals surface area contributed by atoms with Crippen molar-refractivity contribution in [2.45, 2.75) is 31.5 Å². The number of halogens is 1. The first-order valence-electron chi connectivity index (χ1n) is 8.16. The topological polar surface area (TPSA) is 70.6 Å². The minimum Gasteiger partial charge on any atom is -0.494 e. The Morgan fingerprint density at radius 3 is 2.84 bits per heavy atom. The van der Waals surface area contributed by atoms with Gasteiger partial charge in [-0.1, -0.05) is 30.3 Å². The van der Waals surface area contributed by atoms with Gasteiger partial charge in [-0.15, -0.1) is 0 Å². The van der Waals surface area contributed by atoms with Crippen molar-refractivity contribution in [3.63, 3.8) is 0 Å². The molecule has 0 aliphatic heterocycles. The van der Waals surface area contributed by atoms with Crippen LogP contribution in [0.2, 0.25) is 0 Å². The summed E-state index contributed by atoms with van der Waals surface area (Å²) in [5.41, 5.74) is 2.69. The number of urea groups is 1. The zero-order chi connectivity index (χ0) is 18.0. The lowest BCUT2D eigenvalue weighted by molar-refractivity contribution is 0.142. The van der Waals surface area contributed by atoms with Gasteiger partial charge in [0.05, 0.1) is 25.3 Å². The van der Waals surface area contributed by atoms with Gasteiger partial charge < -0.3 is 20.5 Å². The monoisotopic (exact) mass is 344 g/mol. The van der Waals surface area contributed by atoms with E-state index >= 15 is 0 Å². The summed E-state index contributed by atoms with van der Waals surface area (Å²) >= 11 is 0. The van der Waals surface area contributed by atoms with Crippen LogP contribution in [0.3, 0.4) is 0 Å². The van der Waals surface area contributed by atoms with E-state index in [1.807, 2.05) is 24.3 Å². The summed E-state index contributed by atoms with van der Waals surface area (Å²) in [5, 5.41) is 15.8. The third kappa shape index (κ3) is 3.58. The van der Waals surface area contributed by atoms with Gasteiger partial charge in [-0.25, -0.2) is 9.18 Å². The number of hydrogen-bond donors (Lipinski definition) is 3. The third-order valence-corrected chi connectivity index (χ3v) is 4.51. The van der Waals surface area contributed by atoms with Crippen molar-refractivity contribution in [2.75, 3.05) is 7.11 Å². The van der Waals surface area contributed by atoms with Gasteiger partial charge in [0, 0.05) is 6.42 Å². The fraction of sp³-hybridized carbons (Fsp3) is 0.316. The summed E-state index contributed by atoms with van der Waals surface area (Å²) in [5.74, 6) is -0.319. The minimum absolute atomic E-state index is 0.131. The van der Waals surface area contributed by atoms with Gasteiger partial charge in [0.25, 0.3) is 0 Å². The lowest BCUT2D eigenvalue weighted by Gasteiger charge is -2.21. The first-order valence-corrected chi connectivity index (χ1v) is 8.16. The molecule has 2 aromatic rings. The molecule has 0 heterocycles. The fourth-order valence-corrected chi connectivity index (χ4v) is 3.16. The predicted octanol–water partition coefficient (Wildman–Crippen LogP) is 2.85. The summed E-state index contributed by atoms with van der Waals surface area (Å²) in [6.07, 6.45) is -0.129. The quantitative estimate of drug-likeness (QED) is 0.799. The van der Waals surface area contributed by atoms with Gasteiger partial charge in [-0.05, 0) is 35.7 Å². The van der Waals surface area contributed by atoms with Crippen molar-refractivity contribution in [3.05, 3.63) is 65.0 Å². The summed E-state index contributed by atoms with van der Waals surface area (Å²) in [7, 11) is 1.39. The van der Waals surface area contributed by atoms with Crippen molar-refractivity contribution >= 4 is 6.03 Å². The molecule has 5 nitrogen and oxygen atoms in total. The van der Waals surface area contributed by atoms with Crippen LogP contribution in [0.1, 0.15) is 35.7 Å². The Kier molecular flexibility index (Phi) is 4.90. The minimum atomic E-state index is -0.649. The molecule has 132 valence electrons. The number of carbonyl (C=O) groups excluding carboxylic acids is 1. The Balaban J connectivity index is 1.67. The van der Waals surface area contributed by atoms with Gasteiger partial charge in [0.1, 0.15) is 0 Å². The van der Waals surface area contributed by atoms with Crippen LogP contribution < -0.4 is 15.4 Å². The molecule has 0 fully saturated rings. The molecule has 1 aliphatic carbocycles. The van der Waals surface area contributed by atoms with Crippen molar-refractivity contribution in [1.29, 1.82) is 0 Å². The van der Waals surface area contributed by atoms with Crippen molar-refractivity contribution in [1.82, 2.24) is 10.6 Å². The Bertz CT molecular complexity index is 781. The third-order valence-electron chi connectivity index (χ3n) is 4.51. The maximum Gasteiger partial charge on any atom is 0.315 e. The van der Waals surface area contributed by atoms with E-state index in [1.165, 1.54) is 13.2 Å². The van der Waals surface area contributed by atoms with E-state index in [0.717, 1.165) is 16.7 Å². The second-order valence-electron chi connectivity index (χ2n) is 6.18. The number of aliphatic hydroxyl groups excluding tert-OH is 1. The Morgan fingerprint density at radius 1 is 1.32 bits per heavy atom. The first-order chi connectivity index (χ1) is 12.0. The van der Waals surface area contributed by atoms with Crippen LogP contribution in [-0.4, -0.2) is 24.4 Å². The first kappa shape index (κ1) is 17.2. The normalized spacial score (nSPS) is 19.8. The van der Waals surface area contributed by atoms with E-state index in [0.29, 0.717) is 6.42 Å². The summed E-state index contributed by atoms with van der Waals surface area (Å²) in [4.78, 5) is 12.3. The standard InChI is InChI=1S/C19H21FN2O3/c1-11(12-7-8-15(20)17(10-12)25-2)21-19(24)22-18-14-6-4-3-5-13(14)9-16(18)23/h3-8,10-11,16,18,23H,9H2,1-2H3,(H2,21,22,24). The maximum atomic E-state index is 13.5. The lowest BCUT2D eigenvalue weighted by Crippen LogP contribution is -2.41. The fourth-order valence-electron chi connectivity index (χ4n) is 3.16. The molecule has 3 unspecified atom stereocenters. The number of aliphatic hydroxyl groups is 1. The highest BCUT2D eigenvalue weighted by Gasteiger charge is 2.32. The average molecular weight is 344 g/mol. The van der Waals surface area contributed by atoms with E-state index in [4.69, 9.17) is 4.74 Å². The molecular formula is C19H21FN2O3. The molecule has 1 aliphatic rings. The molecule has 25 heavy (non-hydrogen) atoms. The molecule has 2 amide bonds. The zero-order valence-corrected chi connectivity index (χ0v) is 14.1. The molecule has 0 bridgehead atoms. The number of carbonyl (C=O) groups is 1. The van der Waals surface area contributed by atoms with Crippen LogP contribution in [0.25, 0.3) is 0 Å². The predicted molar refractivity (Wildman–Crippen MR) is 91.9 cm³/mol. The van der Waals surface area contributed by atoms with Crippen LogP contribution in [0, 0.1) is 5.82 Å². The van der Waals surface area contributed by atoms with Crippen molar-refractivity contribution in [3.8, 4) is 5.75 Å². The van der Waals surface area contributed by atoms with Crippen LogP contribution in [0.5, 0.6) is 5.75 Å². The summed E-state index contributed by atoms with van der Waals surface area (Å²) in [6, 6.07) is 10.9. The van der Waals surface area contributed by atoms with Gasteiger partial charge in [-0.3, -0.25) is 0 Å². The number of ether oxygens (including phenoxy) is 1. The van der Waals surface area contributed by atoms with Gasteiger partial charge in [-0.2, -0.15) is 0 Å². The average Bonchev–Trinajstić information content (AvgIpc) is 2.91. The molecule has 0 saturated heterocycles. The molecule has 0 spiro atoms. The van der Waals surface area contributed by atoms with E-state index < -0.39 is 24.0 Å². The van der Waals surface area contributed by atoms with Gasteiger partial charge >= 0.3 is 6.03 Å². The molecule has 0 aromatic heterocycles. The second-order valence-corrected chi connectivity index (χ2v) is 6.18. The lowest BCUT2D eigenvalue weighted by atomic mass is 10.1. The Hall–Kier alpha value is -2.60. The molecule has 3 rings (SSSR count). The van der Waals surface area contributed by atoms with Gasteiger partial charge in [0.15, 0.2) is 11.6 Å². The highest BCUT2D eigenvalue weighted by Crippen LogP contribution is 2.31. The second kappa shape index (κ2) is 7.11. The number of nitrogens with one attached hydrogen (secondary N) is 2. The molecule has 3 atom stereocenters. The molecule has 0 saturated carbocycles. The number of methoxy groups -OCH3 is 1. The Morgan fingerprint density at radius 2 is 2.08 bits per heavy atom. The van der Waals surface area contributed by atoms with E-state index in [2.05, 4.69) is 10.6 Å². The zero-order valence-electron chi connectivity index (χ0n) is 14.1. The van der Waals surface area contributed by atoms with Crippen LogP contribution in [-0.2, 0) is 6.42 Å². The molecule has 3 N–H and O–H groups in total. The summed E-state index contributed by atoms with van der Waals surface area (Å²) in [6.45, 7) is 1.80. The van der Waals surface area contributed by atoms with Crippen LogP contribution >= 0.6 is 0 Å². The smallest absolute Gasteiger partial charge is 0.315 e. The number of amides is 2. The number of benzene rings is 2. The largest absolute Gasteiger partial charge is 0.494 e. The number of fused-ring (bicyclic) bond motifs is 1. The van der Waals surface area contributed by atoms with Crippen molar-refractivity contribution in [2.24, 2.45) is 0 Å². The molecular weight excluding hydrogens is 323 g/mol. The summed E-state index contributed by atoms with van der Waals surface area (Å²) < 4.78 is 18.5. The van der Waals surface area contributed by atoms with Crippen LogP contribution in [0.4, 0.5) is 9.18 Å². The van der Waals surface area contributed by atoms with E-state index in [-0.39, 0.29) is 11.8 Å². The highest BCUT2D eigenvalue weighted by molar-refractivity contribution is 5.75. The maximum absolute atomic E-state index is 13.5. The van der Waals surface area contributed by atoms with Gasteiger partial charge in [0.2, 0.25) is 0 Å². The molecule has 6 heteroatoms. The van der Waals surface area contributed by atoms with E-state index in [1.54, 1.807) is 19.1 Å². The number of rotatable bonds is 4. The van der Waals surface area contributed by atoms with Crippen LogP contribution in [0.15, 0.2) is 42.5 Å². The molecule has 2 aromatic carbocycles. The van der Waals surface area contributed by atoms with E-state index in [9.17, 15) is 14.3 Å². The number of hydrogen-bond acceptors (Lipinski definition) is 3. The Labute approximate surface area is 145 Å². The van der Waals surface area contributed by atoms with Crippen molar-refractivity contribution < 1.29 is 19.0 Å².